The highest BCUT2D eigenvalue weighted by Crippen LogP contribution is 2.21. The molecule has 2 rings (SSSR count). The third-order valence-corrected chi connectivity index (χ3v) is 6.02. The van der Waals surface area contributed by atoms with Crippen molar-refractivity contribution in [3.8, 4) is 0 Å². The highest BCUT2D eigenvalue weighted by atomic mass is 32.2. The Labute approximate surface area is 113 Å². The predicted octanol–water partition coefficient (Wildman–Crippen LogP) is 1.04. The number of hydrogen-bond acceptors (Lipinski definition) is 4. The Balaban J connectivity index is 2.26. The van der Waals surface area contributed by atoms with Crippen molar-refractivity contribution in [2.24, 2.45) is 0 Å². The van der Waals surface area contributed by atoms with Gasteiger partial charge in [-0.3, -0.25) is 9.78 Å². The van der Waals surface area contributed by atoms with E-state index in [0.29, 0.717) is 5.56 Å². The van der Waals surface area contributed by atoms with Crippen molar-refractivity contribution in [2.45, 2.75) is 32.1 Å². The second-order valence-corrected chi connectivity index (χ2v) is 7.54. The van der Waals surface area contributed by atoms with Crippen LogP contribution in [0.2, 0.25) is 0 Å². The first-order chi connectivity index (χ1) is 8.83. The molecule has 6 heteroatoms. The SMILES string of the molecule is Cc1cncc(C(=O)N2CCS(=O)(=O)[C@@H](C)[C@H]2C)c1. The molecule has 19 heavy (non-hydrogen) atoms. The zero-order valence-corrected chi connectivity index (χ0v) is 12.1. The van der Waals surface area contributed by atoms with E-state index in [0.717, 1.165) is 5.56 Å². The van der Waals surface area contributed by atoms with Crippen LogP contribution in [0, 0.1) is 6.92 Å². The molecule has 1 aromatic heterocycles. The van der Waals surface area contributed by atoms with E-state index in [4.69, 9.17) is 0 Å². The van der Waals surface area contributed by atoms with E-state index in [1.807, 2.05) is 6.92 Å². The summed E-state index contributed by atoms with van der Waals surface area (Å²) in [6.45, 7) is 5.56. The molecule has 1 saturated heterocycles. The monoisotopic (exact) mass is 282 g/mol. The molecule has 0 unspecified atom stereocenters. The summed E-state index contributed by atoms with van der Waals surface area (Å²) >= 11 is 0. The van der Waals surface area contributed by atoms with Gasteiger partial charge in [0.25, 0.3) is 5.91 Å². The zero-order valence-electron chi connectivity index (χ0n) is 11.3. The molecular formula is C13H18N2O3S. The van der Waals surface area contributed by atoms with Crippen LogP contribution in [0.4, 0.5) is 0 Å². The first-order valence-electron chi connectivity index (χ1n) is 6.27. The van der Waals surface area contributed by atoms with E-state index in [2.05, 4.69) is 4.98 Å². The quantitative estimate of drug-likeness (QED) is 0.772. The lowest BCUT2D eigenvalue weighted by Crippen LogP contribution is -2.54. The Morgan fingerprint density at radius 1 is 1.37 bits per heavy atom. The third-order valence-electron chi connectivity index (χ3n) is 3.74. The van der Waals surface area contributed by atoms with Gasteiger partial charge in [0.2, 0.25) is 0 Å². The van der Waals surface area contributed by atoms with Gasteiger partial charge in [-0.1, -0.05) is 0 Å². The summed E-state index contributed by atoms with van der Waals surface area (Å²) in [6.07, 6.45) is 3.21. The molecule has 0 N–H and O–H groups in total. The number of amides is 1. The number of carbonyl (C=O) groups is 1. The number of nitrogens with zero attached hydrogens (tertiary/aromatic N) is 2. The van der Waals surface area contributed by atoms with Crippen molar-refractivity contribution in [3.05, 3.63) is 29.6 Å². The second-order valence-electron chi connectivity index (χ2n) is 5.06. The normalized spacial score (nSPS) is 26.2. The van der Waals surface area contributed by atoms with E-state index in [1.165, 1.54) is 6.20 Å². The number of aryl methyl sites for hydroxylation is 1. The van der Waals surface area contributed by atoms with Gasteiger partial charge in [0.05, 0.1) is 16.6 Å². The predicted molar refractivity (Wildman–Crippen MR) is 72.7 cm³/mol. The molecule has 0 aromatic carbocycles. The van der Waals surface area contributed by atoms with Gasteiger partial charge in [0.1, 0.15) is 0 Å². The van der Waals surface area contributed by atoms with Gasteiger partial charge in [-0.05, 0) is 32.4 Å². The summed E-state index contributed by atoms with van der Waals surface area (Å²) in [5.74, 6) is -0.116. The lowest BCUT2D eigenvalue weighted by atomic mass is 10.1. The van der Waals surface area contributed by atoms with Gasteiger partial charge >= 0.3 is 0 Å². The van der Waals surface area contributed by atoms with Crippen molar-refractivity contribution in [3.63, 3.8) is 0 Å². The molecule has 5 nitrogen and oxygen atoms in total. The third kappa shape index (κ3) is 2.63. The van der Waals surface area contributed by atoms with Crippen molar-refractivity contribution in [2.75, 3.05) is 12.3 Å². The van der Waals surface area contributed by atoms with E-state index in [9.17, 15) is 13.2 Å². The van der Waals surface area contributed by atoms with Crippen LogP contribution >= 0.6 is 0 Å². The molecule has 104 valence electrons. The second kappa shape index (κ2) is 4.92. The number of rotatable bonds is 1. The molecule has 0 bridgehead atoms. The minimum Gasteiger partial charge on any atom is -0.334 e. The molecule has 2 atom stereocenters. The molecule has 0 radical (unpaired) electrons. The van der Waals surface area contributed by atoms with Crippen LogP contribution in [0.15, 0.2) is 18.5 Å². The van der Waals surface area contributed by atoms with Gasteiger partial charge in [0.15, 0.2) is 9.84 Å². The molecule has 0 saturated carbocycles. The highest BCUT2D eigenvalue weighted by molar-refractivity contribution is 7.92. The van der Waals surface area contributed by atoms with Crippen LogP contribution in [-0.4, -0.2) is 47.8 Å². The molecule has 1 aliphatic rings. The molecule has 1 aliphatic heterocycles. The summed E-state index contributed by atoms with van der Waals surface area (Å²) in [6, 6.07) is 1.46. The van der Waals surface area contributed by atoms with Crippen LogP contribution in [0.1, 0.15) is 29.8 Å². The minimum absolute atomic E-state index is 0.0312. The Kier molecular flexibility index (Phi) is 3.62. The molecule has 2 heterocycles. The van der Waals surface area contributed by atoms with Crippen molar-refractivity contribution in [1.29, 1.82) is 0 Å². The number of aromatic nitrogens is 1. The van der Waals surface area contributed by atoms with Crippen LogP contribution in [0.5, 0.6) is 0 Å². The fourth-order valence-electron chi connectivity index (χ4n) is 2.29. The maximum absolute atomic E-state index is 12.4. The number of sulfone groups is 1. The fraction of sp³-hybridized carbons (Fsp3) is 0.538. The summed E-state index contributed by atoms with van der Waals surface area (Å²) < 4.78 is 23.6. The van der Waals surface area contributed by atoms with Crippen LogP contribution in [0.3, 0.4) is 0 Å². The fourth-order valence-corrected chi connectivity index (χ4v) is 3.86. The first kappa shape index (κ1) is 14.0. The van der Waals surface area contributed by atoms with Gasteiger partial charge in [-0.25, -0.2) is 8.42 Å². The lowest BCUT2D eigenvalue weighted by molar-refractivity contribution is 0.0692. The summed E-state index contributed by atoms with van der Waals surface area (Å²) in [5.41, 5.74) is 1.43. The van der Waals surface area contributed by atoms with Gasteiger partial charge in [-0.2, -0.15) is 0 Å². The van der Waals surface area contributed by atoms with E-state index in [-0.39, 0.29) is 24.2 Å². The van der Waals surface area contributed by atoms with E-state index < -0.39 is 15.1 Å². The minimum atomic E-state index is -3.08. The molecule has 0 spiro atoms. The topological polar surface area (TPSA) is 67.3 Å². The first-order valence-corrected chi connectivity index (χ1v) is 7.98. The van der Waals surface area contributed by atoms with Gasteiger partial charge in [0, 0.05) is 25.0 Å². The van der Waals surface area contributed by atoms with E-state index in [1.54, 1.807) is 31.0 Å². The maximum Gasteiger partial charge on any atom is 0.255 e. The van der Waals surface area contributed by atoms with Crippen LogP contribution < -0.4 is 0 Å². The van der Waals surface area contributed by atoms with E-state index >= 15 is 0 Å². The number of carbonyl (C=O) groups excluding carboxylic acids is 1. The van der Waals surface area contributed by atoms with Crippen molar-refractivity contribution in [1.82, 2.24) is 9.88 Å². The lowest BCUT2D eigenvalue weighted by Gasteiger charge is -2.37. The van der Waals surface area contributed by atoms with Crippen LogP contribution in [0.25, 0.3) is 0 Å². The highest BCUT2D eigenvalue weighted by Gasteiger charge is 2.38. The number of pyridine rings is 1. The van der Waals surface area contributed by atoms with Crippen LogP contribution in [-0.2, 0) is 9.84 Å². The van der Waals surface area contributed by atoms with Gasteiger partial charge < -0.3 is 4.90 Å². The molecular weight excluding hydrogens is 264 g/mol. The summed E-state index contributed by atoms with van der Waals surface area (Å²) in [7, 11) is -3.08. The molecule has 1 amide bonds. The summed E-state index contributed by atoms with van der Waals surface area (Å²) in [4.78, 5) is 18.0. The largest absolute Gasteiger partial charge is 0.334 e. The number of hydrogen-bond donors (Lipinski definition) is 0. The van der Waals surface area contributed by atoms with Gasteiger partial charge in [-0.15, -0.1) is 0 Å². The Morgan fingerprint density at radius 3 is 2.68 bits per heavy atom. The smallest absolute Gasteiger partial charge is 0.255 e. The van der Waals surface area contributed by atoms with Crippen molar-refractivity contribution >= 4 is 15.7 Å². The molecule has 1 fully saturated rings. The average Bonchev–Trinajstić information content (AvgIpc) is 2.36. The zero-order chi connectivity index (χ0) is 14.2. The Hall–Kier alpha value is -1.43. The molecule has 1 aromatic rings. The standard InChI is InChI=1S/C13H18N2O3S/c1-9-6-12(8-14-7-9)13(16)15-4-5-19(17,18)11(3)10(15)2/h6-8,10-11H,4-5H2,1-3H3/t10-,11+/m1/s1. The average molecular weight is 282 g/mol. The summed E-state index contributed by atoms with van der Waals surface area (Å²) in [5, 5.41) is -0.525. The Morgan fingerprint density at radius 2 is 2.05 bits per heavy atom. The molecule has 0 aliphatic carbocycles. The Bertz CT molecular complexity index is 598. The maximum atomic E-state index is 12.4. The van der Waals surface area contributed by atoms with Crippen molar-refractivity contribution < 1.29 is 13.2 Å².